The van der Waals surface area contributed by atoms with E-state index in [2.05, 4.69) is 4.98 Å². The van der Waals surface area contributed by atoms with Gasteiger partial charge in [-0.15, -0.1) is 0 Å². The van der Waals surface area contributed by atoms with Crippen LogP contribution in [-0.4, -0.2) is 56.8 Å². The van der Waals surface area contributed by atoms with E-state index in [0.717, 1.165) is 12.8 Å². The molecule has 164 valence electrons. The van der Waals surface area contributed by atoms with Crippen molar-refractivity contribution in [3.63, 3.8) is 0 Å². The molecule has 32 heavy (non-hydrogen) atoms. The number of benzene rings is 2. The highest BCUT2D eigenvalue weighted by Crippen LogP contribution is 2.24. The average Bonchev–Trinajstić information content (AvgIpc) is 3.27. The molecule has 0 bridgehead atoms. The zero-order valence-electron chi connectivity index (χ0n) is 17.2. The first-order valence-corrected chi connectivity index (χ1v) is 10.5. The number of rotatable bonds is 3. The number of piperazine rings is 1. The molecule has 2 aliphatic rings. The first kappa shape index (κ1) is 20.2. The fourth-order valence-electron chi connectivity index (χ4n) is 4.67. The molecule has 1 unspecified atom stereocenters. The normalized spacial score (nSPS) is 18.3. The molecule has 0 spiro atoms. The van der Waals surface area contributed by atoms with Crippen LogP contribution < -0.4 is 11.2 Å². The first-order valence-electron chi connectivity index (χ1n) is 10.5. The Hall–Kier alpha value is -3.75. The third-order valence-electron chi connectivity index (χ3n) is 6.25. The third kappa shape index (κ3) is 3.39. The van der Waals surface area contributed by atoms with E-state index >= 15 is 0 Å². The lowest BCUT2D eigenvalue weighted by atomic mass is 10.1. The number of carbonyl (C=O) groups is 2. The molecular weight excluding hydrogens is 415 g/mol. The number of nitrogens with zero attached hydrogens (tertiary/aromatic N) is 3. The summed E-state index contributed by atoms with van der Waals surface area (Å²) in [5.74, 6) is -1.34. The van der Waals surface area contributed by atoms with E-state index in [-0.39, 0.29) is 30.6 Å². The number of hydrogen-bond acceptors (Lipinski definition) is 4. The highest BCUT2D eigenvalue weighted by molar-refractivity contribution is 5.97. The van der Waals surface area contributed by atoms with Gasteiger partial charge in [-0.3, -0.25) is 23.9 Å². The average molecular weight is 436 g/mol. The van der Waals surface area contributed by atoms with E-state index in [1.54, 1.807) is 29.2 Å². The number of halogens is 1. The maximum atomic E-state index is 14.6. The second-order valence-corrected chi connectivity index (χ2v) is 8.25. The summed E-state index contributed by atoms with van der Waals surface area (Å²) in [4.78, 5) is 55.5. The van der Waals surface area contributed by atoms with Gasteiger partial charge in [-0.1, -0.05) is 18.2 Å². The van der Waals surface area contributed by atoms with Gasteiger partial charge in [0, 0.05) is 19.1 Å². The van der Waals surface area contributed by atoms with Crippen molar-refractivity contribution in [2.45, 2.75) is 25.4 Å². The second kappa shape index (κ2) is 7.74. The van der Waals surface area contributed by atoms with Crippen LogP contribution in [0.1, 0.15) is 28.8 Å². The molecule has 0 aliphatic carbocycles. The number of aromatic amines is 1. The van der Waals surface area contributed by atoms with E-state index in [1.165, 1.54) is 27.7 Å². The fraction of sp³-hybridized carbons (Fsp3) is 0.304. The molecule has 2 saturated heterocycles. The molecule has 0 radical (unpaired) electrons. The summed E-state index contributed by atoms with van der Waals surface area (Å²) >= 11 is 0. The van der Waals surface area contributed by atoms with E-state index < -0.39 is 23.0 Å². The summed E-state index contributed by atoms with van der Waals surface area (Å²) < 4.78 is 16.0. The Morgan fingerprint density at radius 1 is 1.12 bits per heavy atom. The van der Waals surface area contributed by atoms with Gasteiger partial charge in [-0.25, -0.2) is 9.18 Å². The Kier molecular flexibility index (Phi) is 4.88. The third-order valence-corrected chi connectivity index (χ3v) is 6.25. The predicted molar refractivity (Wildman–Crippen MR) is 115 cm³/mol. The fourth-order valence-corrected chi connectivity index (χ4v) is 4.67. The van der Waals surface area contributed by atoms with Crippen molar-refractivity contribution < 1.29 is 14.0 Å². The monoisotopic (exact) mass is 436 g/mol. The van der Waals surface area contributed by atoms with E-state index in [4.69, 9.17) is 0 Å². The number of H-pyrrole nitrogens is 1. The van der Waals surface area contributed by atoms with Crippen molar-refractivity contribution in [3.05, 3.63) is 80.2 Å². The lowest BCUT2D eigenvalue weighted by Crippen LogP contribution is -2.55. The molecular formula is C23H21FN4O4. The lowest BCUT2D eigenvalue weighted by molar-refractivity contribution is -0.136. The molecule has 3 heterocycles. The Labute approximate surface area is 181 Å². The van der Waals surface area contributed by atoms with Crippen LogP contribution in [0.3, 0.4) is 0 Å². The van der Waals surface area contributed by atoms with Gasteiger partial charge >= 0.3 is 5.69 Å². The van der Waals surface area contributed by atoms with E-state index in [0.29, 0.717) is 29.6 Å². The van der Waals surface area contributed by atoms with Crippen LogP contribution in [0.2, 0.25) is 0 Å². The number of carbonyl (C=O) groups excluding carboxylic acids is 2. The maximum absolute atomic E-state index is 14.6. The molecule has 2 aliphatic heterocycles. The van der Waals surface area contributed by atoms with Gasteiger partial charge in [-0.05, 0) is 42.7 Å². The second-order valence-electron chi connectivity index (χ2n) is 8.25. The first-order chi connectivity index (χ1) is 15.4. The molecule has 1 aromatic heterocycles. The summed E-state index contributed by atoms with van der Waals surface area (Å²) in [6.07, 6.45) is 1.74. The summed E-state index contributed by atoms with van der Waals surface area (Å²) in [6, 6.07) is 10.8. The van der Waals surface area contributed by atoms with E-state index in [1.807, 2.05) is 0 Å². The molecule has 0 saturated carbocycles. The zero-order chi connectivity index (χ0) is 22.4. The molecule has 5 rings (SSSR count). The van der Waals surface area contributed by atoms with Crippen molar-refractivity contribution >= 4 is 22.7 Å². The van der Waals surface area contributed by atoms with Crippen LogP contribution in [0.25, 0.3) is 10.9 Å². The Morgan fingerprint density at radius 2 is 1.94 bits per heavy atom. The molecule has 1 atom stereocenters. The predicted octanol–water partition coefficient (Wildman–Crippen LogP) is 1.32. The number of nitrogens with one attached hydrogen (secondary N) is 1. The molecule has 8 nitrogen and oxygen atoms in total. The minimum atomic E-state index is -0.682. The topological polar surface area (TPSA) is 95.5 Å². The van der Waals surface area contributed by atoms with Gasteiger partial charge in [-0.2, -0.15) is 0 Å². The maximum Gasteiger partial charge on any atom is 0.329 e. The van der Waals surface area contributed by atoms with Crippen LogP contribution in [0.5, 0.6) is 0 Å². The van der Waals surface area contributed by atoms with Gasteiger partial charge in [0.15, 0.2) is 0 Å². The highest BCUT2D eigenvalue weighted by atomic mass is 19.1. The molecule has 1 N–H and O–H groups in total. The van der Waals surface area contributed by atoms with Crippen molar-refractivity contribution in [2.24, 2.45) is 0 Å². The van der Waals surface area contributed by atoms with Crippen LogP contribution >= 0.6 is 0 Å². The number of amides is 2. The standard InChI is InChI=1S/C23H21FN4O4/c24-18-8-7-14(11-28-19-6-2-1-5-16(19)21(30)25-23(28)32)10-17(18)22(31)26-12-15-4-3-9-27(15)20(29)13-26/h1-2,5-8,10,15H,3-4,9,11-13H2,(H,25,30,32). The van der Waals surface area contributed by atoms with Gasteiger partial charge in [0.05, 0.1) is 23.0 Å². The Bertz CT molecular complexity index is 1360. The van der Waals surface area contributed by atoms with Crippen LogP contribution in [0.15, 0.2) is 52.1 Å². The minimum Gasteiger partial charge on any atom is -0.336 e. The number of aromatic nitrogens is 2. The van der Waals surface area contributed by atoms with Crippen molar-refractivity contribution in [1.29, 1.82) is 0 Å². The summed E-state index contributed by atoms with van der Waals surface area (Å²) in [5.41, 5.74) is -0.230. The Balaban J connectivity index is 1.47. The lowest BCUT2D eigenvalue weighted by Gasteiger charge is -2.37. The molecule has 2 fully saturated rings. The van der Waals surface area contributed by atoms with Gasteiger partial charge in [0.1, 0.15) is 12.4 Å². The molecule has 2 aromatic carbocycles. The van der Waals surface area contributed by atoms with E-state index in [9.17, 15) is 23.6 Å². The number of fused-ring (bicyclic) bond motifs is 2. The molecule has 2 amide bonds. The van der Waals surface area contributed by atoms with Gasteiger partial charge in [0.2, 0.25) is 5.91 Å². The van der Waals surface area contributed by atoms with Crippen LogP contribution in [0.4, 0.5) is 4.39 Å². The number of hydrogen-bond donors (Lipinski definition) is 1. The Morgan fingerprint density at radius 3 is 2.78 bits per heavy atom. The largest absolute Gasteiger partial charge is 0.336 e. The minimum absolute atomic E-state index is 0.0162. The molecule has 3 aromatic rings. The van der Waals surface area contributed by atoms with Crippen molar-refractivity contribution in [3.8, 4) is 0 Å². The smallest absolute Gasteiger partial charge is 0.329 e. The zero-order valence-corrected chi connectivity index (χ0v) is 17.2. The van der Waals surface area contributed by atoms with Gasteiger partial charge in [0.25, 0.3) is 11.5 Å². The van der Waals surface area contributed by atoms with Crippen LogP contribution in [0, 0.1) is 5.82 Å². The quantitative estimate of drug-likeness (QED) is 0.670. The highest BCUT2D eigenvalue weighted by Gasteiger charge is 2.38. The number of para-hydroxylation sites is 1. The van der Waals surface area contributed by atoms with Crippen molar-refractivity contribution in [2.75, 3.05) is 19.6 Å². The molecule has 9 heteroatoms. The SMILES string of the molecule is O=C(c1cc(Cn2c(=O)[nH]c(=O)c3ccccc32)ccc1F)N1CC(=O)N2CCCC2C1. The van der Waals surface area contributed by atoms with Crippen LogP contribution in [-0.2, 0) is 11.3 Å². The summed E-state index contributed by atoms with van der Waals surface area (Å²) in [5, 5.41) is 0.360. The summed E-state index contributed by atoms with van der Waals surface area (Å²) in [6.45, 7) is 1.07. The van der Waals surface area contributed by atoms with Gasteiger partial charge < -0.3 is 9.80 Å². The summed E-state index contributed by atoms with van der Waals surface area (Å²) in [7, 11) is 0. The van der Waals surface area contributed by atoms with Crippen molar-refractivity contribution in [1.82, 2.24) is 19.4 Å².